The lowest BCUT2D eigenvalue weighted by atomic mass is 9.93. The first-order valence-electron chi connectivity index (χ1n) is 6.38. The van der Waals surface area contributed by atoms with E-state index in [2.05, 4.69) is 19.1 Å². The number of nitrogens with two attached hydrogens (primary N) is 1. The molecule has 3 atom stereocenters. The number of rotatable bonds is 1. The highest BCUT2D eigenvalue weighted by atomic mass is 16.5. The summed E-state index contributed by atoms with van der Waals surface area (Å²) in [4.78, 5) is 0. The summed E-state index contributed by atoms with van der Waals surface area (Å²) >= 11 is 0. The highest BCUT2D eigenvalue weighted by Crippen LogP contribution is 2.36. The maximum atomic E-state index is 6.24. The molecule has 0 saturated carbocycles. The summed E-state index contributed by atoms with van der Waals surface area (Å²) < 4.78 is 11.7. The van der Waals surface area contributed by atoms with Crippen molar-refractivity contribution in [1.82, 2.24) is 0 Å². The summed E-state index contributed by atoms with van der Waals surface area (Å²) in [6.45, 7) is 2.94. The quantitative estimate of drug-likeness (QED) is 0.809. The van der Waals surface area contributed by atoms with Gasteiger partial charge < -0.3 is 15.2 Å². The van der Waals surface area contributed by atoms with Gasteiger partial charge in [0.05, 0.1) is 6.10 Å². The second-order valence-electron chi connectivity index (χ2n) is 5.09. The molecule has 1 fully saturated rings. The van der Waals surface area contributed by atoms with Gasteiger partial charge in [0.2, 0.25) is 0 Å². The average Bonchev–Trinajstić information content (AvgIpc) is 2.83. The van der Waals surface area contributed by atoms with Crippen molar-refractivity contribution < 1.29 is 9.47 Å². The van der Waals surface area contributed by atoms with Crippen LogP contribution in [-0.4, -0.2) is 18.8 Å². The largest absolute Gasteiger partial charge is 0.487 e. The van der Waals surface area contributed by atoms with Crippen LogP contribution in [0.15, 0.2) is 18.2 Å². The monoisotopic (exact) mass is 233 g/mol. The molecule has 0 amide bonds. The zero-order valence-electron chi connectivity index (χ0n) is 10.2. The van der Waals surface area contributed by atoms with Crippen LogP contribution in [0.3, 0.4) is 0 Å². The highest BCUT2D eigenvalue weighted by molar-refractivity contribution is 5.40. The molecule has 3 rings (SSSR count). The molecule has 2 aliphatic heterocycles. The summed E-state index contributed by atoms with van der Waals surface area (Å²) in [6.07, 6.45) is 3.46. The van der Waals surface area contributed by atoms with Crippen molar-refractivity contribution in [3.63, 3.8) is 0 Å². The lowest BCUT2D eigenvalue weighted by Gasteiger charge is -2.33. The first-order chi connectivity index (χ1) is 8.24. The lowest BCUT2D eigenvalue weighted by molar-refractivity contribution is -0.00196. The number of ether oxygens (including phenoxy) is 2. The normalized spacial score (nSPS) is 32.0. The summed E-state index contributed by atoms with van der Waals surface area (Å²) in [5.74, 6) is 0.940. The van der Waals surface area contributed by atoms with Crippen LogP contribution >= 0.6 is 0 Å². The SMILES string of the molecule is Cc1ccc2c(c1)[C@@H](N)CC(C1CCCO1)O2. The van der Waals surface area contributed by atoms with Crippen molar-refractivity contribution in [3.8, 4) is 5.75 Å². The van der Waals surface area contributed by atoms with Crippen molar-refractivity contribution >= 4 is 0 Å². The van der Waals surface area contributed by atoms with E-state index in [-0.39, 0.29) is 18.2 Å². The van der Waals surface area contributed by atoms with Crippen LogP contribution in [0.1, 0.15) is 36.4 Å². The van der Waals surface area contributed by atoms with Crippen molar-refractivity contribution in [2.45, 2.75) is 44.4 Å². The van der Waals surface area contributed by atoms with E-state index in [1.54, 1.807) is 0 Å². The van der Waals surface area contributed by atoms with Gasteiger partial charge in [-0.15, -0.1) is 0 Å². The van der Waals surface area contributed by atoms with Crippen LogP contribution in [0.25, 0.3) is 0 Å². The highest BCUT2D eigenvalue weighted by Gasteiger charge is 2.34. The minimum Gasteiger partial charge on any atom is -0.487 e. The standard InChI is InChI=1S/C14H19NO2/c1-9-4-5-12-10(7-9)11(15)8-14(17-12)13-3-2-6-16-13/h4-5,7,11,13-14H,2-3,6,8,15H2,1H3/t11-,13?,14?/m0/s1. The summed E-state index contributed by atoms with van der Waals surface area (Å²) in [7, 11) is 0. The molecule has 2 unspecified atom stereocenters. The van der Waals surface area contributed by atoms with E-state index in [1.165, 1.54) is 5.56 Å². The number of aryl methyl sites for hydroxylation is 1. The Labute approximate surface area is 102 Å². The van der Waals surface area contributed by atoms with Gasteiger partial charge in [0, 0.05) is 24.6 Å². The van der Waals surface area contributed by atoms with E-state index in [1.807, 2.05) is 6.07 Å². The minimum absolute atomic E-state index is 0.0767. The van der Waals surface area contributed by atoms with Crippen LogP contribution in [-0.2, 0) is 4.74 Å². The second kappa shape index (κ2) is 4.31. The molecule has 2 aliphatic rings. The van der Waals surface area contributed by atoms with Gasteiger partial charge in [0.25, 0.3) is 0 Å². The molecule has 0 aliphatic carbocycles. The number of hydrogen-bond acceptors (Lipinski definition) is 3. The Morgan fingerprint density at radius 1 is 1.29 bits per heavy atom. The second-order valence-corrected chi connectivity index (χ2v) is 5.09. The molecule has 2 N–H and O–H groups in total. The van der Waals surface area contributed by atoms with Crippen LogP contribution in [0.5, 0.6) is 5.75 Å². The molecular formula is C14H19NO2. The van der Waals surface area contributed by atoms with E-state index in [9.17, 15) is 0 Å². The van der Waals surface area contributed by atoms with Gasteiger partial charge in [-0.05, 0) is 25.8 Å². The fourth-order valence-corrected chi connectivity index (χ4v) is 2.78. The van der Waals surface area contributed by atoms with Gasteiger partial charge in [0.15, 0.2) is 0 Å². The molecule has 3 nitrogen and oxygen atoms in total. The molecule has 0 spiro atoms. The topological polar surface area (TPSA) is 44.5 Å². The Bertz CT molecular complexity index is 413. The number of benzene rings is 1. The third-order valence-corrected chi connectivity index (χ3v) is 3.71. The smallest absolute Gasteiger partial charge is 0.127 e. The molecule has 0 aromatic heterocycles. The molecule has 0 radical (unpaired) electrons. The Morgan fingerprint density at radius 3 is 2.94 bits per heavy atom. The summed E-state index contributed by atoms with van der Waals surface area (Å²) in [6, 6.07) is 6.31. The van der Waals surface area contributed by atoms with E-state index >= 15 is 0 Å². The molecule has 17 heavy (non-hydrogen) atoms. The minimum atomic E-state index is 0.0767. The van der Waals surface area contributed by atoms with Gasteiger partial charge in [-0.3, -0.25) is 0 Å². The molecule has 1 aromatic carbocycles. The van der Waals surface area contributed by atoms with E-state index in [0.717, 1.165) is 37.2 Å². The fourth-order valence-electron chi connectivity index (χ4n) is 2.78. The zero-order valence-corrected chi connectivity index (χ0v) is 10.2. The number of hydrogen-bond donors (Lipinski definition) is 1. The van der Waals surface area contributed by atoms with Gasteiger partial charge in [0.1, 0.15) is 11.9 Å². The molecule has 0 bridgehead atoms. The van der Waals surface area contributed by atoms with E-state index in [0.29, 0.717) is 0 Å². The molecule has 1 aromatic rings. The first kappa shape index (κ1) is 11.1. The van der Waals surface area contributed by atoms with Crippen LogP contribution < -0.4 is 10.5 Å². The van der Waals surface area contributed by atoms with E-state index in [4.69, 9.17) is 15.2 Å². The van der Waals surface area contributed by atoms with Crippen LogP contribution in [0.4, 0.5) is 0 Å². The van der Waals surface area contributed by atoms with Crippen LogP contribution in [0.2, 0.25) is 0 Å². The summed E-state index contributed by atoms with van der Waals surface area (Å²) in [5, 5.41) is 0. The van der Waals surface area contributed by atoms with Gasteiger partial charge in [-0.2, -0.15) is 0 Å². The van der Waals surface area contributed by atoms with Gasteiger partial charge >= 0.3 is 0 Å². The van der Waals surface area contributed by atoms with Crippen molar-refractivity contribution in [2.24, 2.45) is 5.73 Å². The van der Waals surface area contributed by atoms with E-state index < -0.39 is 0 Å². The molecule has 2 heterocycles. The van der Waals surface area contributed by atoms with Gasteiger partial charge in [-0.1, -0.05) is 17.7 Å². The van der Waals surface area contributed by atoms with Gasteiger partial charge in [-0.25, -0.2) is 0 Å². The predicted molar refractivity (Wildman–Crippen MR) is 66.1 cm³/mol. The molecule has 3 heteroatoms. The summed E-state index contributed by atoms with van der Waals surface area (Å²) in [5.41, 5.74) is 8.61. The van der Waals surface area contributed by atoms with Crippen molar-refractivity contribution in [1.29, 1.82) is 0 Å². The lowest BCUT2D eigenvalue weighted by Crippen LogP contribution is -2.38. The number of fused-ring (bicyclic) bond motifs is 1. The van der Waals surface area contributed by atoms with Crippen molar-refractivity contribution in [2.75, 3.05) is 6.61 Å². The zero-order chi connectivity index (χ0) is 11.8. The maximum Gasteiger partial charge on any atom is 0.127 e. The Balaban J connectivity index is 1.84. The maximum absolute atomic E-state index is 6.24. The fraction of sp³-hybridized carbons (Fsp3) is 0.571. The molecule has 92 valence electrons. The Hall–Kier alpha value is -1.06. The first-order valence-corrected chi connectivity index (χ1v) is 6.38. The molecular weight excluding hydrogens is 214 g/mol. The molecule has 1 saturated heterocycles. The predicted octanol–water partition coefficient (Wildman–Crippen LogP) is 2.32. The third kappa shape index (κ3) is 2.05. The Morgan fingerprint density at radius 2 is 2.18 bits per heavy atom. The third-order valence-electron chi connectivity index (χ3n) is 3.71. The Kier molecular flexibility index (Phi) is 2.81. The van der Waals surface area contributed by atoms with Crippen LogP contribution in [0, 0.1) is 6.92 Å². The average molecular weight is 233 g/mol. The van der Waals surface area contributed by atoms with Crippen molar-refractivity contribution in [3.05, 3.63) is 29.3 Å².